The fraction of sp³-hybridized carbons (Fsp3) is 0.833. The van der Waals surface area contributed by atoms with Crippen molar-refractivity contribution in [3.05, 3.63) is 0 Å². The maximum Gasteiger partial charge on any atom is 0.411 e. The zero-order chi connectivity index (χ0) is 10.5. The Kier molecular flexibility index (Phi) is 4.71. The van der Waals surface area contributed by atoms with Gasteiger partial charge in [-0.3, -0.25) is 4.79 Å². The second-order valence-electron chi connectivity index (χ2n) is 2.40. The van der Waals surface area contributed by atoms with Gasteiger partial charge in [0, 0.05) is 6.61 Å². The fourth-order valence-corrected chi connectivity index (χ4v) is 0.522. The van der Waals surface area contributed by atoms with Crippen LogP contribution in [0.15, 0.2) is 0 Å². The molecule has 13 heavy (non-hydrogen) atoms. The van der Waals surface area contributed by atoms with E-state index >= 15 is 0 Å². The van der Waals surface area contributed by atoms with Gasteiger partial charge < -0.3 is 15.6 Å². The first kappa shape index (κ1) is 12.2. The molecule has 78 valence electrons. The van der Waals surface area contributed by atoms with Gasteiger partial charge in [-0.05, 0) is 6.42 Å². The van der Waals surface area contributed by atoms with Crippen LogP contribution >= 0.6 is 0 Å². The topological polar surface area (TPSA) is 72.5 Å². The molecule has 4 nitrogen and oxygen atoms in total. The van der Waals surface area contributed by atoms with E-state index in [0.717, 1.165) is 0 Å². The van der Waals surface area contributed by atoms with Crippen LogP contribution in [0, 0.1) is 0 Å². The number of halogens is 3. The van der Waals surface area contributed by atoms with Gasteiger partial charge in [0.05, 0.1) is 0 Å². The van der Waals surface area contributed by atoms with Crippen molar-refractivity contribution in [1.82, 2.24) is 0 Å². The van der Waals surface area contributed by atoms with E-state index < -0.39 is 24.8 Å². The van der Waals surface area contributed by atoms with Crippen LogP contribution in [0.1, 0.15) is 6.42 Å². The summed E-state index contributed by atoms with van der Waals surface area (Å²) in [4.78, 5) is 10.1. The Balaban J connectivity index is 3.41. The summed E-state index contributed by atoms with van der Waals surface area (Å²) in [6.45, 7) is -1.69. The number of alkyl halides is 3. The van der Waals surface area contributed by atoms with Crippen molar-refractivity contribution in [3.8, 4) is 0 Å². The lowest BCUT2D eigenvalue weighted by atomic mass is 10.2. The van der Waals surface area contributed by atoms with Gasteiger partial charge in [-0.25, -0.2) is 0 Å². The molecular formula is C6H10F3NO3. The third-order valence-corrected chi connectivity index (χ3v) is 1.16. The number of ether oxygens (including phenoxy) is 1. The van der Waals surface area contributed by atoms with E-state index in [1.807, 2.05) is 0 Å². The molecule has 0 spiro atoms. The predicted molar refractivity (Wildman–Crippen MR) is 37.1 cm³/mol. The standard InChI is InChI=1S/C6H10F3NO3/c7-6(8,9)3-13-2-1-4(10)5(11)12/h4H,1-3,10H2,(H,11,12)/t4-/m0/s1. The molecule has 0 unspecified atom stereocenters. The van der Waals surface area contributed by atoms with Crippen LogP contribution in [0.3, 0.4) is 0 Å². The van der Waals surface area contributed by atoms with Gasteiger partial charge in [-0.15, -0.1) is 0 Å². The molecule has 0 saturated heterocycles. The Labute approximate surface area is 72.5 Å². The zero-order valence-electron chi connectivity index (χ0n) is 6.67. The first-order valence-corrected chi connectivity index (χ1v) is 3.46. The van der Waals surface area contributed by atoms with Gasteiger partial charge in [0.15, 0.2) is 0 Å². The van der Waals surface area contributed by atoms with Crippen molar-refractivity contribution < 1.29 is 27.8 Å². The monoisotopic (exact) mass is 201 g/mol. The Morgan fingerprint density at radius 2 is 2.08 bits per heavy atom. The maximum absolute atomic E-state index is 11.5. The van der Waals surface area contributed by atoms with Gasteiger partial charge in [0.1, 0.15) is 12.6 Å². The summed E-state index contributed by atoms with van der Waals surface area (Å²) in [5.74, 6) is -1.25. The van der Waals surface area contributed by atoms with E-state index in [-0.39, 0.29) is 13.0 Å². The zero-order valence-corrected chi connectivity index (χ0v) is 6.67. The lowest BCUT2D eigenvalue weighted by Crippen LogP contribution is -2.31. The molecule has 0 rings (SSSR count). The van der Waals surface area contributed by atoms with Crippen molar-refractivity contribution in [1.29, 1.82) is 0 Å². The van der Waals surface area contributed by atoms with Gasteiger partial charge in [0.2, 0.25) is 0 Å². The van der Waals surface area contributed by atoms with Crippen LogP contribution in [0.4, 0.5) is 13.2 Å². The van der Waals surface area contributed by atoms with Crippen molar-refractivity contribution in [2.45, 2.75) is 18.6 Å². The highest BCUT2D eigenvalue weighted by molar-refractivity contribution is 5.72. The largest absolute Gasteiger partial charge is 0.480 e. The summed E-state index contributed by atoms with van der Waals surface area (Å²) in [5.41, 5.74) is 5.01. The summed E-state index contributed by atoms with van der Waals surface area (Å²) >= 11 is 0. The quantitative estimate of drug-likeness (QED) is 0.630. The molecule has 0 radical (unpaired) electrons. The van der Waals surface area contributed by atoms with Gasteiger partial charge in [-0.1, -0.05) is 0 Å². The Bertz CT molecular complexity index is 171. The van der Waals surface area contributed by atoms with Crippen molar-refractivity contribution >= 4 is 5.97 Å². The summed E-state index contributed by atoms with van der Waals surface area (Å²) in [6.07, 6.45) is -4.52. The highest BCUT2D eigenvalue weighted by Crippen LogP contribution is 2.14. The van der Waals surface area contributed by atoms with Crippen LogP contribution in [-0.2, 0) is 9.53 Å². The van der Waals surface area contributed by atoms with E-state index in [1.54, 1.807) is 0 Å². The number of rotatable bonds is 5. The minimum Gasteiger partial charge on any atom is -0.480 e. The normalized spacial score (nSPS) is 14.2. The predicted octanol–water partition coefficient (Wildman–Crippen LogP) is 0.367. The fourth-order valence-electron chi connectivity index (χ4n) is 0.522. The maximum atomic E-state index is 11.5. The third kappa shape index (κ3) is 7.54. The molecule has 0 aliphatic heterocycles. The van der Waals surface area contributed by atoms with Crippen molar-refractivity contribution in [2.75, 3.05) is 13.2 Å². The van der Waals surface area contributed by atoms with E-state index in [9.17, 15) is 18.0 Å². The van der Waals surface area contributed by atoms with Gasteiger partial charge in [0.25, 0.3) is 0 Å². The smallest absolute Gasteiger partial charge is 0.411 e. The minimum atomic E-state index is -4.38. The molecule has 0 aromatic rings. The molecule has 1 atom stereocenters. The summed E-state index contributed by atoms with van der Waals surface area (Å²) < 4.78 is 38.5. The molecule has 0 aliphatic rings. The van der Waals surface area contributed by atoms with Crippen molar-refractivity contribution in [3.63, 3.8) is 0 Å². The third-order valence-electron chi connectivity index (χ3n) is 1.16. The van der Waals surface area contributed by atoms with Gasteiger partial charge >= 0.3 is 12.1 Å². The number of carbonyl (C=O) groups is 1. The van der Waals surface area contributed by atoms with Gasteiger partial charge in [-0.2, -0.15) is 13.2 Å². The molecule has 0 aliphatic carbocycles. The van der Waals surface area contributed by atoms with E-state index in [0.29, 0.717) is 0 Å². The number of carboxylic acids is 1. The Hall–Kier alpha value is -0.820. The molecule has 0 fully saturated rings. The molecule has 3 N–H and O–H groups in total. The number of aliphatic carboxylic acids is 1. The van der Waals surface area contributed by atoms with E-state index in [1.165, 1.54) is 0 Å². The Morgan fingerprint density at radius 1 is 1.54 bits per heavy atom. The van der Waals surface area contributed by atoms with Crippen LogP contribution in [0.25, 0.3) is 0 Å². The number of nitrogens with two attached hydrogens (primary N) is 1. The molecule has 0 heterocycles. The number of carboxylic acid groups (broad SMARTS) is 1. The summed E-state index contributed by atoms with van der Waals surface area (Å²) in [7, 11) is 0. The SMILES string of the molecule is N[C@@H](CCOCC(F)(F)F)C(=O)O. The highest BCUT2D eigenvalue weighted by Gasteiger charge is 2.27. The first-order valence-electron chi connectivity index (χ1n) is 3.46. The molecule has 0 saturated carbocycles. The summed E-state index contributed by atoms with van der Waals surface area (Å²) in [5, 5.41) is 8.24. The molecule has 7 heteroatoms. The van der Waals surface area contributed by atoms with Crippen LogP contribution in [0.2, 0.25) is 0 Å². The second kappa shape index (κ2) is 5.03. The second-order valence-corrected chi connectivity index (χ2v) is 2.40. The van der Waals surface area contributed by atoms with Crippen LogP contribution < -0.4 is 5.73 Å². The Morgan fingerprint density at radius 3 is 2.46 bits per heavy atom. The lowest BCUT2D eigenvalue weighted by Gasteiger charge is -2.08. The average Bonchev–Trinajstić information content (AvgIpc) is 1.95. The average molecular weight is 201 g/mol. The number of hydrogen-bond donors (Lipinski definition) is 2. The lowest BCUT2D eigenvalue weighted by molar-refractivity contribution is -0.174. The molecule has 0 aromatic carbocycles. The van der Waals surface area contributed by atoms with Crippen LogP contribution in [-0.4, -0.2) is 36.5 Å². The molecule has 0 aromatic heterocycles. The molecule has 0 bridgehead atoms. The summed E-state index contributed by atoms with van der Waals surface area (Å²) in [6, 6.07) is -1.17. The van der Waals surface area contributed by atoms with E-state index in [4.69, 9.17) is 10.8 Å². The molecular weight excluding hydrogens is 191 g/mol. The first-order chi connectivity index (χ1) is 5.83. The minimum absolute atomic E-state index is 0.134. The highest BCUT2D eigenvalue weighted by atomic mass is 19.4. The van der Waals surface area contributed by atoms with E-state index in [2.05, 4.69) is 4.74 Å². The van der Waals surface area contributed by atoms with Crippen LogP contribution in [0.5, 0.6) is 0 Å². The van der Waals surface area contributed by atoms with Crippen molar-refractivity contribution in [2.24, 2.45) is 5.73 Å². The molecule has 0 amide bonds. The number of hydrogen-bond acceptors (Lipinski definition) is 3.